The maximum Gasteiger partial charge on any atom is 0.673 e. The molecule has 154 valence electrons. The van der Waals surface area contributed by atoms with Crippen molar-refractivity contribution in [1.82, 2.24) is 0 Å². The first kappa shape index (κ1) is 22.3. The summed E-state index contributed by atoms with van der Waals surface area (Å²) in [6, 6.07) is 15.3. The van der Waals surface area contributed by atoms with Gasteiger partial charge in [-0.3, -0.25) is 9.80 Å². The lowest BCUT2D eigenvalue weighted by atomic mass is 10.1. The van der Waals surface area contributed by atoms with Gasteiger partial charge in [-0.05, 0) is 24.3 Å². The van der Waals surface area contributed by atoms with E-state index in [9.17, 15) is 17.3 Å². The van der Waals surface area contributed by atoms with Crippen molar-refractivity contribution in [2.24, 2.45) is 0 Å². The highest BCUT2D eigenvalue weighted by Gasteiger charge is 2.21. The summed E-state index contributed by atoms with van der Waals surface area (Å²) >= 11 is 0. The Bertz CT molecular complexity index is 737. The number of nitrogens with zero attached hydrogens (tertiary/aromatic N) is 1. The van der Waals surface area contributed by atoms with E-state index in [1.165, 1.54) is 61.5 Å². The molecule has 28 heavy (non-hydrogen) atoms. The average molecular weight is 396 g/mol. The zero-order valence-corrected chi connectivity index (χ0v) is 16.4. The summed E-state index contributed by atoms with van der Waals surface area (Å²) in [4.78, 5) is 3.97. The van der Waals surface area contributed by atoms with Crippen LogP contribution >= 0.6 is 0 Å². The van der Waals surface area contributed by atoms with Gasteiger partial charge in [-0.15, -0.1) is 0 Å². The molecule has 1 N–H and O–H groups in total. The van der Waals surface area contributed by atoms with Crippen LogP contribution in [0.2, 0.25) is 0 Å². The Hall–Kier alpha value is -2.02. The van der Waals surface area contributed by atoms with Crippen molar-refractivity contribution in [1.29, 1.82) is 0 Å². The van der Waals surface area contributed by atoms with Gasteiger partial charge in [-0.25, -0.2) is 0 Å². The molecule has 1 aliphatic heterocycles. The van der Waals surface area contributed by atoms with Crippen LogP contribution in [0.3, 0.4) is 0 Å². The highest BCUT2D eigenvalue weighted by atomic mass is 19.5. The number of halogens is 4. The van der Waals surface area contributed by atoms with Crippen molar-refractivity contribution in [3.63, 3.8) is 0 Å². The van der Waals surface area contributed by atoms with Crippen LogP contribution in [0, 0.1) is 0 Å². The molecule has 0 spiro atoms. The van der Waals surface area contributed by atoms with E-state index in [4.69, 9.17) is 0 Å². The molecule has 2 nitrogen and oxygen atoms in total. The molecule has 0 aliphatic carbocycles. The van der Waals surface area contributed by atoms with Gasteiger partial charge in [0.1, 0.15) is 6.20 Å². The Morgan fingerprint density at radius 2 is 1.54 bits per heavy atom. The summed E-state index contributed by atoms with van der Waals surface area (Å²) in [7, 11) is -6.00. The number of nitrogens with one attached hydrogen (secondary N) is 1. The monoisotopic (exact) mass is 396 g/mol. The lowest BCUT2D eigenvalue weighted by molar-refractivity contribution is -0.840. The third-order valence-electron chi connectivity index (χ3n) is 4.79. The molecule has 0 saturated heterocycles. The summed E-state index contributed by atoms with van der Waals surface area (Å²) in [6.07, 6.45) is 12.8. The minimum atomic E-state index is -6.00. The molecule has 0 amide bonds. The molecule has 0 saturated carbocycles. The molecule has 2 aromatic rings. The molecule has 0 bridgehead atoms. The Balaban J connectivity index is 0.000000500. The van der Waals surface area contributed by atoms with Gasteiger partial charge in [-0.1, -0.05) is 69.0 Å². The fraction of sp³-hybridized carbons (Fsp3) is 0.429. The van der Waals surface area contributed by atoms with Crippen molar-refractivity contribution >= 4 is 23.7 Å². The van der Waals surface area contributed by atoms with Gasteiger partial charge < -0.3 is 17.3 Å². The van der Waals surface area contributed by atoms with Crippen LogP contribution in [0.25, 0.3) is 10.8 Å². The molecule has 1 atom stereocenters. The van der Waals surface area contributed by atoms with E-state index in [-0.39, 0.29) is 0 Å². The van der Waals surface area contributed by atoms with Crippen LogP contribution in [-0.2, 0) is 0 Å². The van der Waals surface area contributed by atoms with E-state index in [1.807, 2.05) is 0 Å². The van der Waals surface area contributed by atoms with E-state index in [2.05, 4.69) is 66.7 Å². The zero-order chi connectivity index (χ0) is 20.4. The first-order valence-corrected chi connectivity index (χ1v) is 10.0. The summed E-state index contributed by atoms with van der Waals surface area (Å²) < 4.78 is 39.0. The van der Waals surface area contributed by atoms with Crippen LogP contribution in [-0.4, -0.2) is 20.5 Å². The van der Waals surface area contributed by atoms with Crippen LogP contribution in [0.5, 0.6) is 0 Å². The number of quaternary nitrogens is 1. The van der Waals surface area contributed by atoms with E-state index >= 15 is 0 Å². The second-order valence-electron chi connectivity index (χ2n) is 7.11. The summed E-state index contributed by atoms with van der Waals surface area (Å²) in [5, 5.41) is 2.67. The first-order chi connectivity index (χ1) is 13.4. The van der Waals surface area contributed by atoms with Crippen molar-refractivity contribution in [2.75, 3.05) is 18.1 Å². The Morgan fingerprint density at radius 3 is 2.29 bits per heavy atom. The number of hydrogen-bond acceptors (Lipinski definition) is 1. The largest absolute Gasteiger partial charge is 0.673 e. The topological polar surface area (TPSA) is 7.68 Å². The molecule has 1 heterocycles. The van der Waals surface area contributed by atoms with Crippen molar-refractivity contribution in [2.45, 2.75) is 45.4 Å². The first-order valence-electron chi connectivity index (χ1n) is 10.0. The lowest BCUT2D eigenvalue weighted by Crippen LogP contribution is -3.07. The van der Waals surface area contributed by atoms with Gasteiger partial charge in [0.15, 0.2) is 6.67 Å². The molecular formula is C21H29BF4N2. The number of unbranched alkanes of at least 4 members (excludes halogenated alkanes) is 5. The minimum absolute atomic E-state index is 1.06. The average Bonchev–Trinajstić information content (AvgIpc) is 3.11. The van der Waals surface area contributed by atoms with Gasteiger partial charge in [-0.2, -0.15) is 0 Å². The van der Waals surface area contributed by atoms with E-state index < -0.39 is 7.25 Å². The highest BCUT2D eigenvalue weighted by Crippen LogP contribution is 2.26. The van der Waals surface area contributed by atoms with Crippen molar-refractivity contribution in [3.8, 4) is 0 Å². The van der Waals surface area contributed by atoms with Crippen LogP contribution in [0.4, 0.5) is 23.0 Å². The van der Waals surface area contributed by atoms with E-state index in [1.54, 1.807) is 4.90 Å². The molecule has 0 fully saturated rings. The predicted octanol–water partition coefficient (Wildman–Crippen LogP) is 5.63. The second-order valence-corrected chi connectivity index (χ2v) is 7.11. The molecule has 3 rings (SSSR count). The van der Waals surface area contributed by atoms with Gasteiger partial charge in [0.05, 0.1) is 18.4 Å². The number of benzene rings is 2. The van der Waals surface area contributed by atoms with E-state index in [0.717, 1.165) is 6.67 Å². The summed E-state index contributed by atoms with van der Waals surface area (Å²) in [5.74, 6) is 0. The van der Waals surface area contributed by atoms with Crippen LogP contribution in [0.1, 0.15) is 45.4 Å². The normalized spacial score (nSPS) is 16.3. The number of rotatable bonds is 8. The fourth-order valence-corrected chi connectivity index (χ4v) is 3.44. The molecule has 2 aromatic carbocycles. The van der Waals surface area contributed by atoms with Gasteiger partial charge in [0.2, 0.25) is 0 Å². The van der Waals surface area contributed by atoms with Gasteiger partial charge >= 0.3 is 7.25 Å². The Kier molecular flexibility index (Phi) is 8.83. The quantitative estimate of drug-likeness (QED) is 0.345. The highest BCUT2D eigenvalue weighted by molar-refractivity contribution is 6.50. The molecule has 1 aliphatic rings. The second kappa shape index (κ2) is 11.1. The maximum atomic E-state index is 9.75. The third kappa shape index (κ3) is 7.93. The van der Waals surface area contributed by atoms with Crippen LogP contribution < -0.4 is 9.80 Å². The number of anilines is 1. The Morgan fingerprint density at radius 1 is 0.893 bits per heavy atom. The van der Waals surface area contributed by atoms with Gasteiger partial charge in [0.25, 0.3) is 0 Å². The molecular weight excluding hydrogens is 367 g/mol. The maximum absolute atomic E-state index is 9.75. The van der Waals surface area contributed by atoms with Crippen molar-refractivity contribution < 1.29 is 22.2 Å². The Labute approximate surface area is 164 Å². The zero-order valence-electron chi connectivity index (χ0n) is 16.4. The smallest absolute Gasteiger partial charge is 0.418 e. The molecule has 0 aromatic heterocycles. The standard InChI is InChI=1S/C21H28N2.BF4/c1-2-3-4-5-6-9-15-22-16-17-23(18-22)21-14-10-12-19-11-7-8-13-20(19)21;2-1(3,4)5/h7-8,10-14,16-17H,2-6,9,15,18H2,1H3;/q;-1/p+1. The van der Waals surface area contributed by atoms with Gasteiger partial charge in [0, 0.05) is 5.39 Å². The van der Waals surface area contributed by atoms with Crippen LogP contribution in [0.15, 0.2) is 54.9 Å². The molecule has 1 unspecified atom stereocenters. The lowest BCUT2D eigenvalue weighted by Gasteiger charge is -2.19. The third-order valence-corrected chi connectivity index (χ3v) is 4.79. The number of fused-ring (bicyclic) bond motifs is 1. The fourth-order valence-electron chi connectivity index (χ4n) is 3.44. The molecule has 7 heteroatoms. The van der Waals surface area contributed by atoms with E-state index in [0.29, 0.717) is 0 Å². The SMILES string of the molecule is CCCCCCCC[NH+]1C=CN(c2cccc3ccccc23)C1.F[B-](F)(F)F. The number of hydrogen-bond donors (Lipinski definition) is 1. The summed E-state index contributed by atoms with van der Waals surface area (Å²) in [6.45, 7) is 4.59. The minimum Gasteiger partial charge on any atom is -0.418 e. The van der Waals surface area contributed by atoms with Crippen molar-refractivity contribution in [3.05, 3.63) is 54.9 Å². The summed E-state index contributed by atoms with van der Waals surface area (Å²) in [5.41, 5.74) is 1.33. The molecule has 0 radical (unpaired) electrons. The predicted molar refractivity (Wildman–Crippen MR) is 110 cm³/mol.